The first kappa shape index (κ1) is 12.3. The van der Waals surface area contributed by atoms with Gasteiger partial charge in [-0.15, -0.1) is 0 Å². The molecule has 0 fully saturated rings. The fourth-order valence-corrected chi connectivity index (χ4v) is 1.43. The van der Waals surface area contributed by atoms with E-state index in [0.717, 1.165) is 6.42 Å². The van der Waals surface area contributed by atoms with Crippen LogP contribution in [0, 0.1) is 11.3 Å². The molecule has 0 bridgehead atoms. The molecule has 1 N–H and O–H groups in total. The van der Waals surface area contributed by atoms with Crippen LogP contribution in [0.1, 0.15) is 30.9 Å². The monoisotopic (exact) mass is 216 g/mol. The number of benzene rings is 1. The van der Waals surface area contributed by atoms with E-state index in [0.29, 0.717) is 12.5 Å². The summed E-state index contributed by atoms with van der Waals surface area (Å²) in [4.78, 5) is 10.7. The molecule has 1 aromatic rings. The molecule has 0 aliphatic carbocycles. The van der Waals surface area contributed by atoms with Gasteiger partial charge in [-0.2, -0.15) is 5.26 Å². The minimum absolute atomic E-state index is 0.507. The summed E-state index contributed by atoms with van der Waals surface area (Å²) >= 11 is 0. The van der Waals surface area contributed by atoms with Gasteiger partial charge in [-0.1, -0.05) is 38.1 Å². The highest BCUT2D eigenvalue weighted by Crippen LogP contribution is 2.14. The Hall–Kier alpha value is -1.82. The number of nitriles is 1. The standard InChI is InChI=1S/C13H16N2O/c1-10(2)12-5-3-11(4-6-12)7-8-15-13(16)9-14/h3-6,10H,7-8H2,1-2H3,(H,15,16). The number of hydrogen-bond acceptors (Lipinski definition) is 2. The van der Waals surface area contributed by atoms with Gasteiger partial charge in [0, 0.05) is 6.54 Å². The van der Waals surface area contributed by atoms with Crippen LogP contribution < -0.4 is 5.32 Å². The van der Waals surface area contributed by atoms with Gasteiger partial charge < -0.3 is 5.32 Å². The van der Waals surface area contributed by atoms with Crippen LogP contribution in [0.3, 0.4) is 0 Å². The van der Waals surface area contributed by atoms with Crippen molar-refractivity contribution in [1.82, 2.24) is 5.32 Å². The number of carbonyl (C=O) groups excluding carboxylic acids is 1. The lowest BCUT2D eigenvalue weighted by molar-refractivity contribution is -0.115. The maximum atomic E-state index is 10.7. The second-order valence-corrected chi connectivity index (χ2v) is 4.01. The summed E-state index contributed by atoms with van der Waals surface area (Å²) in [5, 5.41) is 10.8. The Balaban J connectivity index is 2.44. The van der Waals surface area contributed by atoms with Crippen molar-refractivity contribution in [3.05, 3.63) is 35.4 Å². The van der Waals surface area contributed by atoms with E-state index < -0.39 is 5.91 Å². The Morgan fingerprint density at radius 2 is 2.00 bits per heavy atom. The quantitative estimate of drug-likeness (QED) is 0.782. The van der Waals surface area contributed by atoms with Crippen molar-refractivity contribution >= 4 is 5.91 Å². The lowest BCUT2D eigenvalue weighted by Crippen LogP contribution is -2.23. The average molecular weight is 216 g/mol. The summed E-state index contributed by atoms with van der Waals surface area (Å²) in [6, 6.07) is 9.86. The molecule has 0 radical (unpaired) electrons. The zero-order chi connectivity index (χ0) is 12.0. The summed E-state index contributed by atoms with van der Waals surface area (Å²) in [6.45, 7) is 4.82. The molecular weight excluding hydrogens is 200 g/mol. The van der Waals surface area contributed by atoms with Gasteiger partial charge in [0.2, 0.25) is 0 Å². The van der Waals surface area contributed by atoms with Gasteiger partial charge in [0.25, 0.3) is 0 Å². The Labute approximate surface area is 96.1 Å². The summed E-state index contributed by atoms with van der Waals surface area (Å²) < 4.78 is 0. The minimum Gasteiger partial charge on any atom is -0.343 e. The Morgan fingerprint density at radius 1 is 1.38 bits per heavy atom. The first-order valence-electron chi connectivity index (χ1n) is 5.40. The van der Waals surface area contributed by atoms with E-state index >= 15 is 0 Å². The fourth-order valence-electron chi connectivity index (χ4n) is 1.43. The van der Waals surface area contributed by atoms with Crippen LogP contribution in [0.5, 0.6) is 0 Å². The van der Waals surface area contributed by atoms with Gasteiger partial charge in [0.05, 0.1) is 0 Å². The van der Waals surface area contributed by atoms with Gasteiger partial charge in [-0.3, -0.25) is 4.79 Å². The summed E-state index contributed by atoms with van der Waals surface area (Å²) in [5.41, 5.74) is 2.48. The molecule has 1 amide bonds. The molecule has 0 heterocycles. The van der Waals surface area contributed by atoms with Crippen molar-refractivity contribution in [3.8, 4) is 6.07 Å². The van der Waals surface area contributed by atoms with Crippen molar-refractivity contribution in [3.63, 3.8) is 0 Å². The van der Waals surface area contributed by atoms with Crippen molar-refractivity contribution < 1.29 is 4.79 Å². The van der Waals surface area contributed by atoms with Crippen LogP contribution in [0.25, 0.3) is 0 Å². The average Bonchev–Trinajstić information content (AvgIpc) is 2.29. The maximum absolute atomic E-state index is 10.7. The van der Waals surface area contributed by atoms with Gasteiger partial charge in [-0.25, -0.2) is 0 Å². The molecule has 16 heavy (non-hydrogen) atoms. The van der Waals surface area contributed by atoms with Crippen LogP contribution >= 0.6 is 0 Å². The van der Waals surface area contributed by atoms with Crippen LogP contribution in [-0.4, -0.2) is 12.5 Å². The fraction of sp³-hybridized carbons (Fsp3) is 0.385. The molecule has 3 nitrogen and oxygen atoms in total. The topological polar surface area (TPSA) is 52.9 Å². The number of amides is 1. The lowest BCUT2D eigenvalue weighted by atomic mass is 10.0. The number of carbonyl (C=O) groups is 1. The van der Waals surface area contributed by atoms with E-state index in [-0.39, 0.29) is 0 Å². The molecule has 0 spiro atoms. The highest BCUT2D eigenvalue weighted by molar-refractivity contribution is 5.91. The normalized spacial score (nSPS) is 9.88. The molecule has 0 atom stereocenters. The molecule has 84 valence electrons. The van der Waals surface area contributed by atoms with Crippen LogP contribution in [0.4, 0.5) is 0 Å². The van der Waals surface area contributed by atoms with E-state index in [1.807, 2.05) is 0 Å². The molecule has 1 rings (SSSR count). The second-order valence-electron chi connectivity index (χ2n) is 4.01. The first-order valence-corrected chi connectivity index (χ1v) is 5.40. The van der Waals surface area contributed by atoms with E-state index in [1.54, 1.807) is 0 Å². The number of nitrogens with zero attached hydrogens (tertiary/aromatic N) is 1. The third-order valence-corrected chi connectivity index (χ3v) is 2.45. The molecule has 1 aromatic carbocycles. The SMILES string of the molecule is CC(C)c1ccc(CCNC(=O)C#N)cc1. The highest BCUT2D eigenvalue weighted by atomic mass is 16.1. The number of hydrogen-bond donors (Lipinski definition) is 1. The highest BCUT2D eigenvalue weighted by Gasteiger charge is 2.00. The third-order valence-electron chi connectivity index (χ3n) is 2.45. The molecule has 0 aliphatic rings. The first-order chi connectivity index (χ1) is 7.63. The second kappa shape index (κ2) is 5.92. The van der Waals surface area contributed by atoms with Crippen molar-refractivity contribution in [1.29, 1.82) is 5.26 Å². The zero-order valence-corrected chi connectivity index (χ0v) is 9.66. The third kappa shape index (κ3) is 3.74. The van der Waals surface area contributed by atoms with Gasteiger partial charge in [-0.05, 0) is 23.5 Å². The van der Waals surface area contributed by atoms with Crippen LogP contribution in [0.2, 0.25) is 0 Å². The van der Waals surface area contributed by atoms with E-state index in [2.05, 4.69) is 43.4 Å². The van der Waals surface area contributed by atoms with Gasteiger partial charge in [0.1, 0.15) is 0 Å². The maximum Gasteiger partial charge on any atom is 0.322 e. The molecule has 0 unspecified atom stereocenters. The minimum atomic E-state index is -0.571. The molecule has 0 aromatic heterocycles. The van der Waals surface area contributed by atoms with E-state index in [1.165, 1.54) is 17.2 Å². The summed E-state index contributed by atoms with van der Waals surface area (Å²) in [5.74, 6) is -0.0360. The molecule has 0 saturated heterocycles. The van der Waals surface area contributed by atoms with Crippen molar-refractivity contribution in [2.75, 3.05) is 6.54 Å². The molecular formula is C13H16N2O. The van der Waals surface area contributed by atoms with Crippen LogP contribution in [0.15, 0.2) is 24.3 Å². The van der Waals surface area contributed by atoms with Gasteiger partial charge >= 0.3 is 5.91 Å². The van der Waals surface area contributed by atoms with Crippen LogP contribution in [-0.2, 0) is 11.2 Å². The number of rotatable bonds is 4. The van der Waals surface area contributed by atoms with E-state index in [4.69, 9.17) is 5.26 Å². The Bertz CT molecular complexity index is 387. The Morgan fingerprint density at radius 3 is 2.50 bits per heavy atom. The van der Waals surface area contributed by atoms with Crippen molar-refractivity contribution in [2.24, 2.45) is 0 Å². The smallest absolute Gasteiger partial charge is 0.322 e. The zero-order valence-electron chi connectivity index (χ0n) is 9.66. The number of nitrogens with one attached hydrogen (secondary N) is 1. The summed E-state index contributed by atoms with van der Waals surface area (Å²) in [6.07, 6.45) is 0.756. The van der Waals surface area contributed by atoms with E-state index in [9.17, 15) is 4.79 Å². The molecule has 3 heteroatoms. The van der Waals surface area contributed by atoms with Gasteiger partial charge in [0.15, 0.2) is 6.07 Å². The summed E-state index contributed by atoms with van der Waals surface area (Å²) in [7, 11) is 0. The Kier molecular flexibility index (Phi) is 4.53. The predicted octanol–water partition coefficient (Wildman–Crippen LogP) is 1.99. The predicted molar refractivity (Wildman–Crippen MR) is 62.9 cm³/mol. The largest absolute Gasteiger partial charge is 0.343 e. The molecule has 0 aliphatic heterocycles. The molecule has 0 saturated carbocycles. The lowest BCUT2D eigenvalue weighted by Gasteiger charge is -2.06. The van der Waals surface area contributed by atoms with Crippen molar-refractivity contribution in [2.45, 2.75) is 26.2 Å².